The fraction of sp³-hybridized carbons (Fsp3) is 0.192. The molecule has 0 unspecified atom stereocenters. The van der Waals surface area contributed by atoms with Crippen molar-refractivity contribution in [2.75, 3.05) is 19.8 Å². The number of aromatic nitrogens is 3. The van der Waals surface area contributed by atoms with Gasteiger partial charge in [0, 0.05) is 5.56 Å². The van der Waals surface area contributed by atoms with Crippen molar-refractivity contribution < 1.29 is 23.7 Å². The number of ether oxygens (including phenoxy) is 4. The smallest absolute Gasteiger partial charge is 0.361 e. The molecular formula is C26H25N3O5. The summed E-state index contributed by atoms with van der Waals surface area (Å²) in [7, 11) is 0. The Morgan fingerprint density at radius 1 is 0.765 bits per heavy atom. The molecule has 34 heavy (non-hydrogen) atoms. The van der Waals surface area contributed by atoms with Crippen molar-refractivity contribution in [2.24, 2.45) is 0 Å². The first-order valence-electron chi connectivity index (χ1n) is 10.9. The monoisotopic (exact) mass is 459 g/mol. The summed E-state index contributed by atoms with van der Waals surface area (Å²) in [4.78, 5) is 12.0. The van der Waals surface area contributed by atoms with Crippen LogP contribution in [0, 0.1) is 0 Å². The number of carbonyl (C=O) groups is 1. The third-order valence-corrected chi connectivity index (χ3v) is 4.84. The fourth-order valence-electron chi connectivity index (χ4n) is 3.18. The molecule has 0 saturated carbocycles. The van der Waals surface area contributed by atoms with E-state index in [-0.39, 0.29) is 12.3 Å². The van der Waals surface area contributed by atoms with Crippen molar-refractivity contribution in [1.82, 2.24) is 15.4 Å². The van der Waals surface area contributed by atoms with Crippen LogP contribution in [0.5, 0.6) is 17.2 Å². The first kappa shape index (κ1) is 22.8. The Morgan fingerprint density at radius 3 is 1.97 bits per heavy atom. The summed E-state index contributed by atoms with van der Waals surface area (Å²) in [6.07, 6.45) is 0. The predicted molar refractivity (Wildman–Crippen MR) is 126 cm³/mol. The van der Waals surface area contributed by atoms with Crippen LogP contribution in [0.3, 0.4) is 0 Å². The van der Waals surface area contributed by atoms with Crippen LogP contribution in [0.2, 0.25) is 0 Å². The third-order valence-electron chi connectivity index (χ3n) is 4.84. The minimum absolute atomic E-state index is 0.153. The number of nitrogens with one attached hydrogen (secondary N) is 1. The van der Waals surface area contributed by atoms with Crippen LogP contribution >= 0.6 is 0 Å². The van der Waals surface area contributed by atoms with Crippen molar-refractivity contribution in [1.29, 1.82) is 0 Å². The summed E-state index contributed by atoms with van der Waals surface area (Å²) in [5, 5.41) is 10.4. The maximum atomic E-state index is 12.0. The maximum Gasteiger partial charge on any atom is 0.361 e. The van der Waals surface area contributed by atoms with Gasteiger partial charge in [-0.25, -0.2) is 4.79 Å². The van der Waals surface area contributed by atoms with Crippen LogP contribution in [0.15, 0.2) is 78.9 Å². The van der Waals surface area contributed by atoms with E-state index in [2.05, 4.69) is 15.4 Å². The summed E-state index contributed by atoms with van der Waals surface area (Å²) >= 11 is 0. The normalized spacial score (nSPS) is 10.5. The molecule has 174 valence electrons. The topological polar surface area (TPSA) is 95.6 Å². The Hall–Kier alpha value is -4.33. The van der Waals surface area contributed by atoms with Crippen molar-refractivity contribution in [3.8, 4) is 28.5 Å². The fourth-order valence-corrected chi connectivity index (χ4v) is 3.18. The molecule has 0 aliphatic heterocycles. The van der Waals surface area contributed by atoms with Gasteiger partial charge in [0.15, 0.2) is 5.69 Å². The highest BCUT2D eigenvalue weighted by atomic mass is 16.5. The first-order chi connectivity index (χ1) is 16.7. The Bertz CT molecular complexity index is 1180. The second-order valence-electron chi connectivity index (χ2n) is 7.21. The molecule has 0 aliphatic rings. The first-order valence-corrected chi connectivity index (χ1v) is 10.9. The molecule has 0 bridgehead atoms. The van der Waals surface area contributed by atoms with Gasteiger partial charge in [0.2, 0.25) is 0 Å². The van der Waals surface area contributed by atoms with Crippen LogP contribution < -0.4 is 14.2 Å². The summed E-state index contributed by atoms with van der Waals surface area (Å²) in [6, 6.07) is 24.7. The highest BCUT2D eigenvalue weighted by Gasteiger charge is 2.18. The van der Waals surface area contributed by atoms with Crippen molar-refractivity contribution in [2.45, 2.75) is 13.5 Å². The highest BCUT2D eigenvalue weighted by molar-refractivity contribution is 5.93. The molecule has 0 radical (unpaired) electrons. The molecule has 1 heterocycles. The van der Waals surface area contributed by atoms with E-state index in [0.717, 1.165) is 22.6 Å². The molecule has 0 saturated heterocycles. The molecule has 8 heteroatoms. The van der Waals surface area contributed by atoms with Gasteiger partial charge in [-0.05, 0) is 61.0 Å². The molecule has 1 N–H and O–H groups in total. The molecule has 0 amide bonds. The summed E-state index contributed by atoms with van der Waals surface area (Å²) in [6.45, 7) is 3.30. The van der Waals surface area contributed by atoms with E-state index >= 15 is 0 Å². The Labute approximate surface area is 197 Å². The van der Waals surface area contributed by atoms with Crippen molar-refractivity contribution in [3.05, 3.63) is 90.1 Å². The number of H-pyrrole nitrogens is 1. The average molecular weight is 460 g/mol. The molecule has 0 spiro atoms. The number of esters is 1. The van der Waals surface area contributed by atoms with E-state index in [0.29, 0.717) is 31.3 Å². The van der Waals surface area contributed by atoms with E-state index in [4.69, 9.17) is 18.9 Å². The zero-order valence-electron chi connectivity index (χ0n) is 18.8. The molecule has 0 fully saturated rings. The van der Waals surface area contributed by atoms with Crippen LogP contribution in [0.1, 0.15) is 23.0 Å². The van der Waals surface area contributed by atoms with Crippen LogP contribution in [-0.2, 0) is 11.3 Å². The molecule has 0 aliphatic carbocycles. The molecule has 4 rings (SSSR count). The van der Waals surface area contributed by atoms with Gasteiger partial charge >= 0.3 is 5.97 Å². The molecule has 4 aromatic rings. The maximum absolute atomic E-state index is 12.0. The van der Waals surface area contributed by atoms with Gasteiger partial charge in [-0.2, -0.15) is 10.3 Å². The van der Waals surface area contributed by atoms with Crippen LogP contribution in [0.4, 0.5) is 0 Å². The minimum atomic E-state index is -0.514. The lowest BCUT2D eigenvalue weighted by atomic mass is 10.1. The van der Waals surface area contributed by atoms with E-state index in [1.54, 1.807) is 19.1 Å². The molecule has 1 aromatic heterocycles. The molecule has 8 nitrogen and oxygen atoms in total. The van der Waals surface area contributed by atoms with Gasteiger partial charge in [-0.3, -0.25) is 0 Å². The Morgan fingerprint density at radius 2 is 1.35 bits per heavy atom. The summed E-state index contributed by atoms with van der Waals surface area (Å²) in [5.41, 5.74) is 2.44. The van der Waals surface area contributed by atoms with Gasteiger partial charge in [0.05, 0.1) is 6.61 Å². The standard InChI is InChI=1S/C26H25N3O5/c1-2-31-26(30)25-24(27-29-28-25)20-8-10-21(11-9-20)32-16-17-33-22-12-14-23(15-13-22)34-18-19-6-4-3-5-7-19/h3-15H,2,16-18H2,1H3,(H,27,28,29). The summed E-state index contributed by atoms with van der Waals surface area (Å²) in [5.74, 6) is 1.69. The second-order valence-corrected chi connectivity index (χ2v) is 7.21. The predicted octanol–water partition coefficient (Wildman–Crippen LogP) is 4.69. The van der Waals surface area contributed by atoms with E-state index < -0.39 is 5.97 Å². The number of benzene rings is 3. The van der Waals surface area contributed by atoms with Crippen LogP contribution in [0.25, 0.3) is 11.3 Å². The molecule has 0 atom stereocenters. The van der Waals surface area contributed by atoms with Crippen molar-refractivity contribution in [3.63, 3.8) is 0 Å². The lowest BCUT2D eigenvalue weighted by Gasteiger charge is -2.10. The van der Waals surface area contributed by atoms with E-state index in [9.17, 15) is 4.79 Å². The Balaban J connectivity index is 1.21. The van der Waals surface area contributed by atoms with Gasteiger partial charge < -0.3 is 18.9 Å². The zero-order valence-corrected chi connectivity index (χ0v) is 18.8. The highest BCUT2D eigenvalue weighted by Crippen LogP contribution is 2.23. The third kappa shape index (κ3) is 6.13. The van der Waals surface area contributed by atoms with Gasteiger partial charge in [0.25, 0.3) is 0 Å². The van der Waals surface area contributed by atoms with Gasteiger partial charge in [-0.1, -0.05) is 30.3 Å². The van der Waals surface area contributed by atoms with Gasteiger partial charge in [0.1, 0.15) is 42.8 Å². The van der Waals surface area contributed by atoms with E-state index in [1.165, 1.54) is 0 Å². The Kier molecular flexibility index (Phi) is 7.74. The van der Waals surface area contributed by atoms with Gasteiger partial charge in [-0.15, -0.1) is 5.10 Å². The SMILES string of the molecule is CCOC(=O)c1n[nH]nc1-c1ccc(OCCOc2ccc(OCc3ccccc3)cc2)cc1. The van der Waals surface area contributed by atoms with E-state index in [1.807, 2.05) is 66.7 Å². The number of aromatic amines is 1. The lowest BCUT2D eigenvalue weighted by molar-refractivity contribution is 0.0520. The minimum Gasteiger partial charge on any atom is -0.490 e. The zero-order chi connectivity index (χ0) is 23.6. The average Bonchev–Trinajstić information content (AvgIpc) is 3.37. The number of rotatable bonds is 11. The molecule has 3 aromatic carbocycles. The summed E-state index contributed by atoms with van der Waals surface area (Å²) < 4.78 is 22.3. The lowest BCUT2D eigenvalue weighted by Crippen LogP contribution is -2.09. The quantitative estimate of drug-likeness (QED) is 0.257. The van der Waals surface area contributed by atoms with Crippen LogP contribution in [-0.4, -0.2) is 41.2 Å². The second kappa shape index (κ2) is 11.5. The van der Waals surface area contributed by atoms with Crippen molar-refractivity contribution >= 4 is 5.97 Å². The molecular weight excluding hydrogens is 434 g/mol. The number of hydrogen-bond acceptors (Lipinski definition) is 7. The number of nitrogens with zero attached hydrogens (tertiary/aromatic N) is 2. The number of hydrogen-bond donors (Lipinski definition) is 1. The number of carbonyl (C=O) groups excluding carboxylic acids is 1. The largest absolute Gasteiger partial charge is 0.490 e.